The molecule has 2 rings (SSSR count). The smallest absolute Gasteiger partial charge is 0.307 e. The quantitative estimate of drug-likeness (QED) is 0.893. The van der Waals surface area contributed by atoms with Gasteiger partial charge in [0.15, 0.2) is 0 Å². The Hall–Kier alpha value is -1.36. The molecule has 4 nitrogen and oxygen atoms in total. The molecule has 0 aromatic heterocycles. The molecule has 1 aromatic carbocycles. The maximum atomic E-state index is 11.6. The third-order valence-electron chi connectivity index (χ3n) is 2.56. The van der Waals surface area contributed by atoms with Crippen LogP contribution in [0.1, 0.15) is 6.42 Å². The lowest BCUT2D eigenvalue weighted by Gasteiger charge is -2.03. The minimum absolute atomic E-state index is 0.213. The first-order valence-corrected chi connectivity index (χ1v) is 5.66. The minimum Gasteiger partial charge on any atom is -0.481 e. The van der Waals surface area contributed by atoms with Gasteiger partial charge in [-0.1, -0.05) is 15.9 Å². The number of hydrogen-bond donors (Lipinski definition) is 2. The first-order chi connectivity index (χ1) is 7.58. The maximum Gasteiger partial charge on any atom is 0.307 e. The molecule has 2 N–H and O–H groups in total. The number of nitrogens with one attached hydrogen (secondary N) is 1. The lowest BCUT2D eigenvalue weighted by atomic mass is 10.2. The predicted octanol–water partition coefficient (Wildman–Crippen LogP) is 2.11. The topological polar surface area (TPSA) is 66.4 Å². The van der Waals surface area contributed by atoms with E-state index in [9.17, 15) is 9.59 Å². The van der Waals surface area contributed by atoms with Gasteiger partial charge in [-0.15, -0.1) is 0 Å². The minimum atomic E-state index is -0.893. The number of rotatable bonds is 3. The Labute approximate surface area is 101 Å². The predicted molar refractivity (Wildman–Crippen MR) is 62.0 cm³/mol. The molecule has 0 bridgehead atoms. The molecule has 0 saturated heterocycles. The van der Waals surface area contributed by atoms with E-state index in [1.165, 1.54) is 0 Å². The third kappa shape index (κ3) is 2.41. The van der Waals surface area contributed by atoms with Crippen LogP contribution >= 0.6 is 15.9 Å². The van der Waals surface area contributed by atoms with Crippen molar-refractivity contribution in [2.45, 2.75) is 6.42 Å². The molecule has 1 aliphatic rings. The SMILES string of the molecule is O=C(Nc1ccc(Br)cc1)[C@H]1C[C@H]1C(=O)O. The highest BCUT2D eigenvalue weighted by atomic mass is 79.9. The van der Waals surface area contributed by atoms with E-state index < -0.39 is 11.9 Å². The van der Waals surface area contributed by atoms with Crippen molar-refractivity contribution in [3.63, 3.8) is 0 Å². The van der Waals surface area contributed by atoms with E-state index in [-0.39, 0.29) is 11.8 Å². The molecule has 1 fully saturated rings. The van der Waals surface area contributed by atoms with Crippen molar-refractivity contribution in [2.75, 3.05) is 5.32 Å². The summed E-state index contributed by atoms with van der Waals surface area (Å²) < 4.78 is 0.931. The molecule has 84 valence electrons. The van der Waals surface area contributed by atoms with Gasteiger partial charge in [-0.2, -0.15) is 0 Å². The van der Waals surface area contributed by atoms with Gasteiger partial charge in [-0.3, -0.25) is 9.59 Å². The Kier molecular flexibility index (Phi) is 2.96. The van der Waals surface area contributed by atoms with Crippen LogP contribution in [-0.4, -0.2) is 17.0 Å². The fraction of sp³-hybridized carbons (Fsp3) is 0.273. The summed E-state index contributed by atoms with van der Waals surface area (Å²) in [6.45, 7) is 0. The van der Waals surface area contributed by atoms with Crippen LogP contribution in [0, 0.1) is 11.8 Å². The van der Waals surface area contributed by atoms with Crippen LogP contribution in [-0.2, 0) is 9.59 Å². The highest BCUT2D eigenvalue weighted by Crippen LogP contribution is 2.39. The van der Waals surface area contributed by atoms with Gasteiger partial charge in [-0.05, 0) is 30.7 Å². The van der Waals surface area contributed by atoms with E-state index >= 15 is 0 Å². The van der Waals surface area contributed by atoms with Crippen LogP contribution in [0.25, 0.3) is 0 Å². The number of amides is 1. The monoisotopic (exact) mass is 283 g/mol. The van der Waals surface area contributed by atoms with Crippen molar-refractivity contribution in [1.29, 1.82) is 0 Å². The second kappa shape index (κ2) is 4.25. The van der Waals surface area contributed by atoms with Gasteiger partial charge >= 0.3 is 5.97 Å². The van der Waals surface area contributed by atoms with E-state index in [0.717, 1.165) is 4.47 Å². The second-order valence-corrected chi connectivity index (χ2v) is 4.70. The zero-order valence-electron chi connectivity index (χ0n) is 8.31. The van der Waals surface area contributed by atoms with E-state index in [4.69, 9.17) is 5.11 Å². The van der Waals surface area contributed by atoms with Gasteiger partial charge in [-0.25, -0.2) is 0 Å². The van der Waals surface area contributed by atoms with Crippen LogP contribution in [0.3, 0.4) is 0 Å². The second-order valence-electron chi connectivity index (χ2n) is 3.78. The zero-order valence-corrected chi connectivity index (χ0v) is 9.90. The Morgan fingerprint density at radius 2 is 1.88 bits per heavy atom. The van der Waals surface area contributed by atoms with Crippen molar-refractivity contribution in [3.05, 3.63) is 28.7 Å². The van der Waals surface area contributed by atoms with Crippen molar-refractivity contribution in [2.24, 2.45) is 11.8 Å². The number of aliphatic carboxylic acids is 1. The van der Waals surface area contributed by atoms with Gasteiger partial charge in [0.05, 0.1) is 11.8 Å². The number of carboxylic acids is 1. The summed E-state index contributed by atoms with van der Waals surface area (Å²) in [5.41, 5.74) is 0.684. The molecular weight excluding hydrogens is 274 g/mol. The number of halogens is 1. The Bertz CT molecular complexity index is 429. The van der Waals surface area contributed by atoms with Gasteiger partial charge in [0.1, 0.15) is 0 Å². The maximum absolute atomic E-state index is 11.6. The fourth-order valence-corrected chi connectivity index (χ4v) is 1.79. The van der Waals surface area contributed by atoms with E-state index in [1.54, 1.807) is 12.1 Å². The van der Waals surface area contributed by atoms with Crippen LogP contribution in [0.5, 0.6) is 0 Å². The van der Waals surface area contributed by atoms with Crippen LogP contribution < -0.4 is 5.32 Å². The summed E-state index contributed by atoms with van der Waals surface area (Å²) in [4.78, 5) is 22.2. The average Bonchev–Trinajstić information content (AvgIpc) is 3.01. The van der Waals surface area contributed by atoms with Gasteiger partial charge in [0.25, 0.3) is 0 Å². The molecule has 2 atom stereocenters. The lowest BCUT2D eigenvalue weighted by Crippen LogP contribution is -2.16. The zero-order chi connectivity index (χ0) is 11.7. The summed E-state index contributed by atoms with van der Waals surface area (Å²) in [7, 11) is 0. The largest absolute Gasteiger partial charge is 0.481 e. The Morgan fingerprint density at radius 1 is 1.25 bits per heavy atom. The number of carboxylic acid groups (broad SMARTS) is 1. The van der Waals surface area contributed by atoms with Crippen LogP contribution in [0.4, 0.5) is 5.69 Å². The Balaban J connectivity index is 1.94. The highest BCUT2D eigenvalue weighted by Gasteiger charge is 2.48. The summed E-state index contributed by atoms with van der Waals surface area (Å²) in [5, 5.41) is 11.4. The standard InChI is InChI=1S/C11H10BrNO3/c12-6-1-3-7(4-2-6)13-10(14)8-5-9(8)11(15)16/h1-4,8-9H,5H2,(H,13,14)(H,15,16)/t8-,9+/m0/s1. The lowest BCUT2D eigenvalue weighted by molar-refractivity contribution is -0.139. The molecule has 1 saturated carbocycles. The molecule has 0 radical (unpaired) electrons. The van der Waals surface area contributed by atoms with Crippen molar-refractivity contribution in [3.8, 4) is 0 Å². The highest BCUT2D eigenvalue weighted by molar-refractivity contribution is 9.10. The molecule has 0 spiro atoms. The van der Waals surface area contributed by atoms with Gasteiger partial charge in [0.2, 0.25) is 5.91 Å². The third-order valence-corrected chi connectivity index (χ3v) is 3.08. The Morgan fingerprint density at radius 3 is 2.38 bits per heavy atom. The average molecular weight is 284 g/mol. The molecule has 0 heterocycles. The van der Waals surface area contributed by atoms with Crippen molar-refractivity contribution >= 4 is 33.5 Å². The number of carbonyl (C=O) groups excluding carboxylic acids is 1. The van der Waals surface area contributed by atoms with Crippen molar-refractivity contribution < 1.29 is 14.7 Å². The summed E-state index contributed by atoms with van der Waals surface area (Å²) in [6.07, 6.45) is 0.442. The molecule has 0 unspecified atom stereocenters. The van der Waals surface area contributed by atoms with Crippen LogP contribution in [0.15, 0.2) is 28.7 Å². The number of benzene rings is 1. The molecule has 1 amide bonds. The molecule has 1 aliphatic carbocycles. The molecular formula is C11H10BrNO3. The molecule has 0 aliphatic heterocycles. The van der Waals surface area contributed by atoms with Gasteiger partial charge in [0, 0.05) is 10.2 Å². The van der Waals surface area contributed by atoms with E-state index in [1.807, 2.05) is 12.1 Å². The normalized spacial score (nSPS) is 22.6. The van der Waals surface area contributed by atoms with E-state index in [0.29, 0.717) is 12.1 Å². The van der Waals surface area contributed by atoms with Crippen LogP contribution in [0.2, 0.25) is 0 Å². The summed E-state index contributed by atoms with van der Waals surface area (Å²) in [5.74, 6) is -1.98. The molecule has 16 heavy (non-hydrogen) atoms. The first kappa shape index (κ1) is 11.1. The fourth-order valence-electron chi connectivity index (χ4n) is 1.53. The molecule has 5 heteroatoms. The summed E-state index contributed by atoms with van der Waals surface area (Å²) >= 11 is 3.29. The first-order valence-electron chi connectivity index (χ1n) is 4.87. The number of hydrogen-bond acceptors (Lipinski definition) is 2. The molecule has 1 aromatic rings. The summed E-state index contributed by atoms with van der Waals surface area (Å²) in [6, 6.07) is 7.16. The number of anilines is 1. The van der Waals surface area contributed by atoms with Crippen molar-refractivity contribution in [1.82, 2.24) is 0 Å². The number of carbonyl (C=O) groups is 2. The van der Waals surface area contributed by atoms with Gasteiger partial charge < -0.3 is 10.4 Å². The van der Waals surface area contributed by atoms with E-state index in [2.05, 4.69) is 21.2 Å².